The number of likely N-dealkylation sites (N-methyl/N-ethyl adjacent to an activating group) is 1. The van der Waals surface area contributed by atoms with E-state index in [1.165, 1.54) is 6.07 Å². The summed E-state index contributed by atoms with van der Waals surface area (Å²) in [7, 11) is 2.11. The maximum Gasteiger partial charge on any atom is 0.416 e. The van der Waals surface area contributed by atoms with E-state index in [1.807, 2.05) is 0 Å². The molecule has 1 amide bonds. The number of aliphatic hydroxyl groups is 1. The maximum atomic E-state index is 14.0. The number of nitro groups is 1. The van der Waals surface area contributed by atoms with Crippen molar-refractivity contribution >= 4 is 17.4 Å². The fourth-order valence-corrected chi connectivity index (χ4v) is 2.76. The number of halogens is 4. The number of aromatic hydroxyl groups is 1. The first-order valence-corrected chi connectivity index (χ1v) is 8.82. The summed E-state index contributed by atoms with van der Waals surface area (Å²) in [6.45, 7) is -0.688. The molecule has 0 fully saturated rings. The third-order valence-electron chi connectivity index (χ3n) is 4.43. The molecule has 13 heteroatoms. The fourth-order valence-electron chi connectivity index (χ4n) is 2.76. The number of benzene rings is 2. The molecule has 0 saturated heterocycles. The van der Waals surface area contributed by atoms with Crippen molar-refractivity contribution in [2.24, 2.45) is 0 Å². The highest BCUT2D eigenvalue weighted by molar-refractivity contribution is 6.03. The topological polar surface area (TPSA) is 137 Å². The predicted octanol–water partition coefficient (Wildman–Crippen LogP) is 3.92. The largest absolute Gasteiger partial charge is 0.506 e. The second-order valence-electron chi connectivity index (χ2n) is 6.60. The van der Waals surface area contributed by atoms with Gasteiger partial charge in [0.15, 0.2) is 11.3 Å². The standard InChI is InChI=1S/C20H15F4N3O6/c1-26(9-11-5-12(20(22,23)24)3-4-14(11)21)19(30)13(8-25)17(28)10-6-15(27(31)32)18(29)16(7-10)33-2/h3-7,28-29H,9H2,1-2H3/b17-13-. The molecule has 2 aromatic rings. The third-order valence-corrected chi connectivity index (χ3v) is 4.43. The van der Waals surface area contributed by atoms with Crippen LogP contribution in [-0.4, -0.2) is 40.1 Å². The van der Waals surface area contributed by atoms with Crippen LogP contribution in [0.4, 0.5) is 23.2 Å². The minimum Gasteiger partial charge on any atom is -0.506 e. The Morgan fingerprint density at radius 1 is 1.30 bits per heavy atom. The van der Waals surface area contributed by atoms with E-state index >= 15 is 0 Å². The zero-order valence-corrected chi connectivity index (χ0v) is 17.0. The van der Waals surface area contributed by atoms with E-state index < -0.39 is 74.6 Å². The van der Waals surface area contributed by atoms with E-state index in [4.69, 9.17) is 4.74 Å². The van der Waals surface area contributed by atoms with Crippen LogP contribution >= 0.6 is 0 Å². The molecule has 0 atom stereocenters. The van der Waals surface area contributed by atoms with Crippen LogP contribution < -0.4 is 4.74 Å². The molecule has 0 aliphatic rings. The number of amides is 1. The Bertz CT molecular complexity index is 1190. The monoisotopic (exact) mass is 469 g/mol. The number of methoxy groups -OCH3 is 1. The number of hydrogen-bond acceptors (Lipinski definition) is 7. The van der Waals surface area contributed by atoms with Crippen LogP contribution in [0.15, 0.2) is 35.9 Å². The number of alkyl halides is 3. The third kappa shape index (κ3) is 5.29. The van der Waals surface area contributed by atoms with Crippen LogP contribution in [0, 0.1) is 27.3 Å². The Balaban J connectivity index is 2.47. The van der Waals surface area contributed by atoms with E-state index in [0.29, 0.717) is 29.2 Å². The van der Waals surface area contributed by atoms with Gasteiger partial charge in [0.1, 0.15) is 17.6 Å². The van der Waals surface area contributed by atoms with Crippen molar-refractivity contribution in [3.05, 3.63) is 68.5 Å². The van der Waals surface area contributed by atoms with Crippen molar-refractivity contribution in [1.82, 2.24) is 4.90 Å². The molecule has 0 unspecified atom stereocenters. The molecule has 0 bridgehead atoms. The number of nitriles is 1. The summed E-state index contributed by atoms with van der Waals surface area (Å²) in [5.41, 5.74) is -3.91. The quantitative estimate of drug-likeness (QED) is 0.163. The van der Waals surface area contributed by atoms with E-state index in [0.717, 1.165) is 20.2 Å². The molecule has 2 aromatic carbocycles. The lowest BCUT2D eigenvalue weighted by atomic mass is 10.1. The number of ether oxygens (including phenoxy) is 1. The maximum absolute atomic E-state index is 14.0. The minimum absolute atomic E-state index is 0.431. The number of phenols is 1. The van der Waals surface area contributed by atoms with Gasteiger partial charge in [-0.05, 0) is 24.3 Å². The van der Waals surface area contributed by atoms with Gasteiger partial charge < -0.3 is 19.8 Å². The zero-order chi connectivity index (χ0) is 25.1. The summed E-state index contributed by atoms with van der Waals surface area (Å²) in [4.78, 5) is 23.5. The molecule has 0 aliphatic carbocycles. The van der Waals surface area contributed by atoms with E-state index in [1.54, 1.807) is 0 Å². The molecular weight excluding hydrogens is 454 g/mol. The van der Waals surface area contributed by atoms with E-state index in [9.17, 15) is 47.9 Å². The van der Waals surface area contributed by atoms with Gasteiger partial charge in [0.25, 0.3) is 5.91 Å². The first-order valence-electron chi connectivity index (χ1n) is 8.82. The number of phenolic OH excluding ortho intramolecular Hbond substituents is 1. The van der Waals surface area contributed by atoms with Crippen LogP contribution in [0.2, 0.25) is 0 Å². The predicted molar refractivity (Wildman–Crippen MR) is 104 cm³/mol. The summed E-state index contributed by atoms with van der Waals surface area (Å²) in [6.07, 6.45) is -4.76. The van der Waals surface area contributed by atoms with Gasteiger partial charge in [-0.15, -0.1) is 0 Å². The van der Waals surface area contributed by atoms with Crippen molar-refractivity contribution in [1.29, 1.82) is 5.26 Å². The lowest BCUT2D eigenvalue weighted by Crippen LogP contribution is -2.28. The Labute approximate surface area is 183 Å². The van der Waals surface area contributed by atoms with E-state index in [2.05, 4.69) is 0 Å². The molecule has 0 spiro atoms. The molecule has 0 radical (unpaired) electrons. The van der Waals surface area contributed by atoms with Crippen molar-refractivity contribution in [2.45, 2.75) is 12.7 Å². The second-order valence-corrected chi connectivity index (χ2v) is 6.60. The summed E-state index contributed by atoms with van der Waals surface area (Å²) in [5.74, 6) is -4.56. The smallest absolute Gasteiger partial charge is 0.416 e. The summed E-state index contributed by atoms with van der Waals surface area (Å²) < 4.78 is 57.4. The minimum atomic E-state index is -4.76. The average Bonchev–Trinajstić information content (AvgIpc) is 2.74. The molecule has 0 heterocycles. The molecule has 2 rings (SSSR count). The Kier molecular flexibility index (Phi) is 7.12. The molecule has 9 nitrogen and oxygen atoms in total. The van der Waals surface area contributed by atoms with Gasteiger partial charge in [-0.25, -0.2) is 4.39 Å². The SMILES string of the molecule is COc1cc(/C(O)=C(\C#N)C(=O)N(C)Cc2cc(C(F)(F)F)ccc2F)cc([N+](=O)[O-])c1O. The van der Waals surface area contributed by atoms with Crippen LogP contribution in [0.5, 0.6) is 11.5 Å². The van der Waals surface area contributed by atoms with Crippen molar-refractivity contribution < 1.29 is 42.2 Å². The molecule has 0 aliphatic heterocycles. The lowest BCUT2D eigenvalue weighted by Gasteiger charge is -2.19. The fraction of sp³-hybridized carbons (Fsp3) is 0.200. The highest BCUT2D eigenvalue weighted by Gasteiger charge is 2.32. The van der Waals surface area contributed by atoms with Gasteiger partial charge in [0.05, 0.1) is 17.6 Å². The highest BCUT2D eigenvalue weighted by Crippen LogP contribution is 2.39. The Hall–Kier alpha value is -4.34. The van der Waals surface area contributed by atoms with Gasteiger partial charge >= 0.3 is 11.9 Å². The number of carbonyl (C=O) groups is 1. The average molecular weight is 469 g/mol. The van der Waals surface area contributed by atoms with Crippen LogP contribution in [0.3, 0.4) is 0 Å². The van der Waals surface area contributed by atoms with Crippen molar-refractivity contribution in [2.75, 3.05) is 14.2 Å². The van der Waals surface area contributed by atoms with Gasteiger partial charge in [-0.1, -0.05) is 0 Å². The first-order chi connectivity index (χ1) is 15.3. The highest BCUT2D eigenvalue weighted by atomic mass is 19.4. The van der Waals surface area contributed by atoms with Crippen molar-refractivity contribution in [3.63, 3.8) is 0 Å². The number of nitro benzene ring substituents is 1. The van der Waals surface area contributed by atoms with Crippen molar-refractivity contribution in [3.8, 4) is 17.6 Å². The second kappa shape index (κ2) is 9.43. The van der Waals surface area contributed by atoms with Crippen LogP contribution in [-0.2, 0) is 17.5 Å². The van der Waals surface area contributed by atoms with Gasteiger partial charge in [0.2, 0.25) is 5.75 Å². The number of rotatable bonds is 6. The van der Waals surface area contributed by atoms with Crippen LogP contribution in [0.25, 0.3) is 5.76 Å². The summed E-state index contributed by atoms with van der Waals surface area (Å²) >= 11 is 0. The molecule has 0 saturated carbocycles. The number of carbonyl (C=O) groups excluding carboxylic acids is 1. The van der Waals surface area contributed by atoms with E-state index in [-0.39, 0.29) is 0 Å². The normalized spacial score (nSPS) is 11.9. The Morgan fingerprint density at radius 2 is 1.94 bits per heavy atom. The number of hydrogen-bond donors (Lipinski definition) is 2. The van der Waals surface area contributed by atoms with Gasteiger partial charge in [-0.3, -0.25) is 14.9 Å². The summed E-state index contributed by atoms with van der Waals surface area (Å²) in [5, 5.41) is 40.7. The molecular formula is C20H15F4N3O6. The summed E-state index contributed by atoms with van der Waals surface area (Å²) in [6, 6.07) is 4.63. The number of nitrogens with zero attached hydrogens (tertiary/aromatic N) is 3. The molecule has 0 aromatic heterocycles. The zero-order valence-electron chi connectivity index (χ0n) is 17.0. The van der Waals surface area contributed by atoms with Crippen LogP contribution in [0.1, 0.15) is 16.7 Å². The number of aliphatic hydroxyl groups excluding tert-OH is 1. The molecule has 174 valence electrons. The lowest BCUT2D eigenvalue weighted by molar-refractivity contribution is -0.386. The first kappa shape index (κ1) is 24.9. The molecule has 2 N–H and O–H groups in total. The van der Waals surface area contributed by atoms with Gasteiger partial charge in [-0.2, -0.15) is 18.4 Å². The Morgan fingerprint density at radius 3 is 2.45 bits per heavy atom. The van der Waals surface area contributed by atoms with Gasteiger partial charge in [0, 0.05) is 30.8 Å². The molecule has 33 heavy (non-hydrogen) atoms.